The standard InChI is InChI=1S/C17H19N3O3/c1-9-4-5-12(17(22)23)14(8-9)20-11(3)16(10(2)19-20)13-6-7-15(21)18-13/h4-5,8,13H,6-7H2,1-3H3,(H,18,21)(H,22,23). The molecule has 1 aliphatic rings. The molecule has 1 aromatic carbocycles. The highest BCUT2D eigenvalue weighted by Gasteiger charge is 2.28. The van der Waals surface area contributed by atoms with Crippen LogP contribution in [0.5, 0.6) is 0 Å². The zero-order chi connectivity index (χ0) is 16.7. The molecule has 23 heavy (non-hydrogen) atoms. The Bertz CT molecular complexity index is 808. The van der Waals surface area contributed by atoms with Gasteiger partial charge in [-0.15, -0.1) is 0 Å². The third kappa shape index (κ3) is 2.60. The van der Waals surface area contributed by atoms with Crippen LogP contribution in [0.2, 0.25) is 0 Å². The Hall–Kier alpha value is -2.63. The Kier molecular flexibility index (Phi) is 3.67. The highest BCUT2D eigenvalue weighted by molar-refractivity contribution is 5.92. The fraction of sp³-hybridized carbons (Fsp3) is 0.353. The molecule has 2 aromatic rings. The van der Waals surface area contributed by atoms with Crippen LogP contribution in [0.15, 0.2) is 18.2 Å². The molecule has 0 saturated carbocycles. The van der Waals surface area contributed by atoms with Gasteiger partial charge in [-0.3, -0.25) is 4.79 Å². The van der Waals surface area contributed by atoms with Gasteiger partial charge in [-0.05, 0) is 44.9 Å². The maximum atomic E-state index is 11.5. The Morgan fingerprint density at radius 3 is 2.70 bits per heavy atom. The molecule has 1 unspecified atom stereocenters. The lowest BCUT2D eigenvalue weighted by atomic mass is 10.0. The van der Waals surface area contributed by atoms with Crippen molar-refractivity contribution in [3.8, 4) is 5.69 Å². The van der Waals surface area contributed by atoms with E-state index in [4.69, 9.17) is 0 Å². The molecule has 6 nitrogen and oxygen atoms in total. The van der Waals surface area contributed by atoms with Gasteiger partial charge in [0, 0.05) is 17.7 Å². The largest absolute Gasteiger partial charge is 0.478 e. The number of aromatic nitrogens is 2. The normalized spacial score (nSPS) is 17.3. The van der Waals surface area contributed by atoms with Crippen LogP contribution >= 0.6 is 0 Å². The monoisotopic (exact) mass is 313 g/mol. The number of rotatable bonds is 3. The van der Waals surface area contributed by atoms with E-state index in [1.807, 2.05) is 26.8 Å². The predicted octanol–water partition coefficient (Wildman–Crippen LogP) is 2.45. The maximum Gasteiger partial charge on any atom is 0.337 e. The van der Waals surface area contributed by atoms with Crippen LogP contribution in [0.25, 0.3) is 5.69 Å². The van der Waals surface area contributed by atoms with Crippen molar-refractivity contribution in [3.05, 3.63) is 46.3 Å². The third-order valence-electron chi connectivity index (χ3n) is 4.30. The number of aromatic carboxylic acids is 1. The van der Waals surface area contributed by atoms with E-state index < -0.39 is 5.97 Å². The molecule has 1 fully saturated rings. The molecule has 0 spiro atoms. The Balaban J connectivity index is 2.14. The molecule has 1 aromatic heterocycles. The first-order chi connectivity index (χ1) is 10.9. The molecular weight excluding hydrogens is 294 g/mol. The van der Waals surface area contributed by atoms with Gasteiger partial charge in [0.15, 0.2) is 0 Å². The molecule has 0 aliphatic carbocycles. The van der Waals surface area contributed by atoms with E-state index in [1.54, 1.807) is 16.8 Å². The van der Waals surface area contributed by atoms with Crippen LogP contribution in [0, 0.1) is 20.8 Å². The lowest BCUT2D eigenvalue weighted by Gasteiger charge is -2.13. The summed E-state index contributed by atoms with van der Waals surface area (Å²) in [4.78, 5) is 23.0. The molecule has 1 saturated heterocycles. The first-order valence-corrected chi connectivity index (χ1v) is 7.58. The summed E-state index contributed by atoms with van der Waals surface area (Å²) in [5, 5.41) is 16.9. The van der Waals surface area contributed by atoms with Crippen LogP contribution in [0.1, 0.15) is 51.8 Å². The van der Waals surface area contributed by atoms with Gasteiger partial charge in [0.1, 0.15) is 0 Å². The summed E-state index contributed by atoms with van der Waals surface area (Å²) < 4.78 is 1.67. The van der Waals surface area contributed by atoms with E-state index in [0.29, 0.717) is 12.1 Å². The molecule has 1 aliphatic heterocycles. The van der Waals surface area contributed by atoms with Crippen molar-refractivity contribution in [1.82, 2.24) is 15.1 Å². The molecule has 1 atom stereocenters. The number of hydrogen-bond donors (Lipinski definition) is 2. The maximum absolute atomic E-state index is 11.5. The zero-order valence-electron chi connectivity index (χ0n) is 13.4. The van der Waals surface area contributed by atoms with Gasteiger partial charge in [-0.25, -0.2) is 9.48 Å². The molecule has 6 heteroatoms. The van der Waals surface area contributed by atoms with Crippen molar-refractivity contribution in [2.45, 2.75) is 39.7 Å². The fourth-order valence-electron chi connectivity index (χ4n) is 3.22. The number of carboxylic acid groups (broad SMARTS) is 1. The molecule has 2 heterocycles. The highest BCUT2D eigenvalue weighted by atomic mass is 16.4. The van der Waals surface area contributed by atoms with Crippen LogP contribution in [0.3, 0.4) is 0 Å². The minimum atomic E-state index is -0.983. The zero-order valence-corrected chi connectivity index (χ0v) is 13.4. The van der Waals surface area contributed by atoms with Gasteiger partial charge < -0.3 is 10.4 Å². The van der Waals surface area contributed by atoms with E-state index in [2.05, 4.69) is 10.4 Å². The summed E-state index contributed by atoms with van der Waals surface area (Å²) in [7, 11) is 0. The summed E-state index contributed by atoms with van der Waals surface area (Å²) >= 11 is 0. The number of aryl methyl sites for hydroxylation is 2. The lowest BCUT2D eigenvalue weighted by Crippen LogP contribution is -2.19. The second kappa shape index (κ2) is 5.53. The lowest BCUT2D eigenvalue weighted by molar-refractivity contribution is -0.119. The van der Waals surface area contributed by atoms with Crippen molar-refractivity contribution in [1.29, 1.82) is 0 Å². The van der Waals surface area contributed by atoms with Crippen LogP contribution in [-0.2, 0) is 4.79 Å². The predicted molar refractivity (Wildman–Crippen MR) is 84.9 cm³/mol. The number of carboxylic acids is 1. The van der Waals surface area contributed by atoms with Gasteiger partial charge in [0.25, 0.3) is 0 Å². The van der Waals surface area contributed by atoms with Crippen LogP contribution in [-0.4, -0.2) is 26.8 Å². The van der Waals surface area contributed by atoms with Gasteiger partial charge in [-0.2, -0.15) is 5.10 Å². The molecule has 1 amide bonds. The molecule has 3 rings (SSSR count). The van der Waals surface area contributed by atoms with Crippen LogP contribution in [0.4, 0.5) is 0 Å². The van der Waals surface area contributed by atoms with E-state index in [9.17, 15) is 14.7 Å². The van der Waals surface area contributed by atoms with Crippen molar-refractivity contribution in [3.63, 3.8) is 0 Å². The second-order valence-corrected chi connectivity index (χ2v) is 5.98. The number of nitrogens with zero attached hydrogens (tertiary/aromatic N) is 2. The molecule has 2 N–H and O–H groups in total. The number of nitrogens with one attached hydrogen (secondary N) is 1. The molecule has 0 radical (unpaired) electrons. The fourth-order valence-corrected chi connectivity index (χ4v) is 3.22. The summed E-state index contributed by atoms with van der Waals surface area (Å²) in [6.45, 7) is 5.71. The summed E-state index contributed by atoms with van der Waals surface area (Å²) in [5.74, 6) is -0.938. The van der Waals surface area contributed by atoms with E-state index >= 15 is 0 Å². The summed E-state index contributed by atoms with van der Waals surface area (Å²) in [5.41, 5.74) is 4.38. The molecular formula is C17H19N3O3. The third-order valence-corrected chi connectivity index (χ3v) is 4.30. The number of carbonyl (C=O) groups is 2. The average molecular weight is 313 g/mol. The van der Waals surface area contributed by atoms with Crippen molar-refractivity contribution in [2.24, 2.45) is 0 Å². The quantitative estimate of drug-likeness (QED) is 0.911. The second-order valence-electron chi connectivity index (χ2n) is 5.98. The summed E-state index contributed by atoms with van der Waals surface area (Å²) in [6, 6.07) is 5.14. The topological polar surface area (TPSA) is 84.2 Å². The Morgan fingerprint density at radius 2 is 2.09 bits per heavy atom. The summed E-state index contributed by atoms with van der Waals surface area (Å²) in [6.07, 6.45) is 1.26. The first-order valence-electron chi connectivity index (χ1n) is 7.58. The number of amides is 1. The van der Waals surface area contributed by atoms with E-state index in [1.165, 1.54) is 0 Å². The Morgan fingerprint density at radius 1 is 1.35 bits per heavy atom. The Labute approximate surface area is 134 Å². The molecule has 120 valence electrons. The average Bonchev–Trinajstić information content (AvgIpc) is 3.02. The van der Waals surface area contributed by atoms with E-state index in [-0.39, 0.29) is 17.5 Å². The minimum Gasteiger partial charge on any atom is -0.478 e. The SMILES string of the molecule is Cc1ccc(C(=O)O)c(-n2nc(C)c(C3CCC(=O)N3)c2C)c1. The first kappa shape index (κ1) is 15.3. The number of hydrogen-bond acceptors (Lipinski definition) is 3. The van der Waals surface area contributed by atoms with Gasteiger partial charge in [0.05, 0.1) is 23.0 Å². The van der Waals surface area contributed by atoms with E-state index in [0.717, 1.165) is 28.9 Å². The van der Waals surface area contributed by atoms with Gasteiger partial charge in [-0.1, -0.05) is 6.07 Å². The highest BCUT2D eigenvalue weighted by Crippen LogP contribution is 2.31. The number of carbonyl (C=O) groups excluding carboxylic acids is 1. The van der Waals surface area contributed by atoms with Gasteiger partial charge >= 0.3 is 5.97 Å². The minimum absolute atomic E-state index is 0.0448. The van der Waals surface area contributed by atoms with Crippen LogP contribution < -0.4 is 5.32 Å². The van der Waals surface area contributed by atoms with Crippen molar-refractivity contribution in [2.75, 3.05) is 0 Å². The number of benzene rings is 1. The van der Waals surface area contributed by atoms with Crippen molar-refractivity contribution >= 4 is 11.9 Å². The van der Waals surface area contributed by atoms with Gasteiger partial charge in [0.2, 0.25) is 5.91 Å². The molecule has 0 bridgehead atoms. The van der Waals surface area contributed by atoms with Crippen molar-refractivity contribution < 1.29 is 14.7 Å². The smallest absolute Gasteiger partial charge is 0.337 e.